The third kappa shape index (κ3) is 3.55. The Bertz CT molecular complexity index is 765. The number of thiophene rings is 1. The molecule has 1 amide bonds. The number of halogens is 1. The number of hydrogen-bond acceptors (Lipinski definition) is 4. The number of nitrogens with zero attached hydrogens (tertiary/aromatic N) is 4. The fraction of sp³-hybridized carbons (Fsp3) is 0.579. The third-order valence-electron chi connectivity index (χ3n) is 5.51. The average molecular weight is 377 g/mol. The maximum absolute atomic E-state index is 13.3. The minimum Gasteiger partial charge on any atom is -0.338 e. The predicted molar refractivity (Wildman–Crippen MR) is 99.9 cm³/mol. The van der Waals surface area contributed by atoms with Gasteiger partial charge in [0.2, 0.25) is 0 Å². The van der Waals surface area contributed by atoms with Crippen LogP contribution in [0.4, 0.5) is 4.39 Å². The van der Waals surface area contributed by atoms with Gasteiger partial charge >= 0.3 is 0 Å². The maximum Gasteiger partial charge on any atom is 0.263 e. The first-order valence-electron chi connectivity index (χ1n) is 9.35. The molecule has 2 aliphatic heterocycles. The molecule has 5 nitrogen and oxygen atoms in total. The van der Waals surface area contributed by atoms with Crippen LogP contribution in [0.1, 0.15) is 52.1 Å². The molecule has 0 aliphatic carbocycles. The summed E-state index contributed by atoms with van der Waals surface area (Å²) in [6, 6.07) is 4.40. The second-order valence-electron chi connectivity index (χ2n) is 7.25. The number of piperidine rings is 1. The number of likely N-dealkylation sites (tertiary alicyclic amines) is 2. The van der Waals surface area contributed by atoms with Crippen LogP contribution in [0.3, 0.4) is 0 Å². The summed E-state index contributed by atoms with van der Waals surface area (Å²) in [4.78, 5) is 23.4. The van der Waals surface area contributed by atoms with E-state index in [9.17, 15) is 9.18 Å². The molecular weight excluding hydrogens is 351 g/mol. The van der Waals surface area contributed by atoms with E-state index in [0.29, 0.717) is 32.0 Å². The van der Waals surface area contributed by atoms with Crippen LogP contribution < -0.4 is 0 Å². The van der Waals surface area contributed by atoms with Crippen molar-refractivity contribution in [3.05, 3.63) is 40.1 Å². The van der Waals surface area contributed by atoms with E-state index in [-0.39, 0.29) is 5.91 Å². The van der Waals surface area contributed by atoms with E-state index < -0.39 is 6.17 Å². The van der Waals surface area contributed by atoms with Crippen molar-refractivity contribution in [3.8, 4) is 0 Å². The van der Waals surface area contributed by atoms with E-state index in [1.165, 1.54) is 11.3 Å². The van der Waals surface area contributed by atoms with Gasteiger partial charge in [-0.05, 0) is 44.4 Å². The molecule has 2 aliphatic rings. The van der Waals surface area contributed by atoms with Crippen molar-refractivity contribution in [3.63, 3.8) is 0 Å². The molecule has 0 N–H and O–H groups in total. The van der Waals surface area contributed by atoms with Crippen LogP contribution in [-0.2, 0) is 13.6 Å². The van der Waals surface area contributed by atoms with Crippen molar-refractivity contribution >= 4 is 17.2 Å². The van der Waals surface area contributed by atoms with Crippen molar-refractivity contribution in [2.45, 2.75) is 44.4 Å². The van der Waals surface area contributed by atoms with Crippen LogP contribution >= 0.6 is 11.3 Å². The van der Waals surface area contributed by atoms with E-state index >= 15 is 0 Å². The molecule has 2 saturated heterocycles. The van der Waals surface area contributed by atoms with Gasteiger partial charge < -0.3 is 9.47 Å². The first-order valence-corrected chi connectivity index (χ1v) is 10.2. The minimum absolute atomic E-state index is 0.0572. The largest absolute Gasteiger partial charge is 0.338 e. The molecule has 7 heteroatoms. The molecule has 0 saturated carbocycles. The molecule has 2 aromatic rings. The van der Waals surface area contributed by atoms with Crippen LogP contribution in [0.5, 0.6) is 0 Å². The molecule has 1 unspecified atom stereocenters. The molecule has 1 atom stereocenters. The Balaban J connectivity index is 1.45. The Labute approximate surface area is 157 Å². The summed E-state index contributed by atoms with van der Waals surface area (Å²) in [5.74, 6) is 1.13. The lowest BCUT2D eigenvalue weighted by Gasteiger charge is -2.28. The van der Waals surface area contributed by atoms with Crippen LogP contribution in [0, 0.1) is 0 Å². The zero-order valence-electron chi connectivity index (χ0n) is 15.1. The highest BCUT2D eigenvalue weighted by Gasteiger charge is 2.30. The Kier molecular flexibility index (Phi) is 5.09. The highest BCUT2D eigenvalue weighted by atomic mass is 32.1. The Morgan fingerprint density at radius 3 is 2.81 bits per heavy atom. The van der Waals surface area contributed by atoms with Gasteiger partial charge in [0, 0.05) is 43.4 Å². The van der Waals surface area contributed by atoms with Crippen molar-refractivity contribution in [2.75, 3.05) is 19.6 Å². The topological polar surface area (TPSA) is 41.4 Å². The van der Waals surface area contributed by atoms with Gasteiger partial charge in [0.25, 0.3) is 5.91 Å². The molecule has 0 radical (unpaired) electrons. The molecular formula is C19H25FN4OS. The van der Waals surface area contributed by atoms with Gasteiger partial charge in [-0.3, -0.25) is 9.69 Å². The second kappa shape index (κ2) is 7.48. The van der Waals surface area contributed by atoms with Gasteiger partial charge in [-0.15, -0.1) is 11.3 Å². The molecule has 2 aromatic heterocycles. The first-order chi connectivity index (χ1) is 12.6. The van der Waals surface area contributed by atoms with Gasteiger partial charge in [-0.1, -0.05) is 0 Å². The Hall–Kier alpha value is -1.73. The second-order valence-corrected chi connectivity index (χ2v) is 8.37. The van der Waals surface area contributed by atoms with E-state index in [1.54, 1.807) is 16.2 Å². The van der Waals surface area contributed by atoms with Crippen molar-refractivity contribution in [1.82, 2.24) is 19.4 Å². The highest BCUT2D eigenvalue weighted by Crippen LogP contribution is 2.37. The number of aromatic nitrogens is 2. The zero-order chi connectivity index (χ0) is 18.1. The molecule has 2 fully saturated rings. The number of amides is 1. The van der Waals surface area contributed by atoms with Crippen LogP contribution in [0.25, 0.3) is 0 Å². The monoisotopic (exact) mass is 376 g/mol. The smallest absolute Gasteiger partial charge is 0.263 e. The molecule has 140 valence electrons. The lowest BCUT2D eigenvalue weighted by Crippen LogP contribution is -2.38. The SMILES string of the molecule is Cn1ccnc1CN1CCCC1c1ccc(C(=O)N2CCC(F)CC2)s1. The third-order valence-corrected chi connectivity index (χ3v) is 6.68. The van der Waals surface area contributed by atoms with Crippen molar-refractivity contribution < 1.29 is 9.18 Å². The Morgan fingerprint density at radius 2 is 2.08 bits per heavy atom. The van der Waals surface area contributed by atoms with Crippen LogP contribution in [0.2, 0.25) is 0 Å². The fourth-order valence-corrected chi connectivity index (χ4v) is 5.07. The summed E-state index contributed by atoms with van der Waals surface area (Å²) in [7, 11) is 2.02. The number of imidazole rings is 1. The summed E-state index contributed by atoms with van der Waals surface area (Å²) in [6.07, 6.45) is 6.27. The quantitative estimate of drug-likeness (QED) is 0.821. The van der Waals surface area contributed by atoms with Crippen molar-refractivity contribution in [2.24, 2.45) is 7.05 Å². The van der Waals surface area contributed by atoms with E-state index in [1.807, 2.05) is 25.5 Å². The number of carbonyl (C=O) groups is 1. The predicted octanol–water partition coefficient (Wildman–Crippen LogP) is 3.39. The zero-order valence-corrected chi connectivity index (χ0v) is 15.9. The number of rotatable bonds is 4. The van der Waals surface area contributed by atoms with Crippen molar-refractivity contribution in [1.29, 1.82) is 0 Å². The van der Waals surface area contributed by atoms with Crippen LogP contribution in [0.15, 0.2) is 24.5 Å². The van der Waals surface area contributed by atoms with Gasteiger partial charge in [0.1, 0.15) is 12.0 Å². The Morgan fingerprint density at radius 1 is 1.27 bits per heavy atom. The van der Waals surface area contributed by atoms with Gasteiger partial charge in [0.15, 0.2) is 0 Å². The molecule has 0 spiro atoms. The summed E-state index contributed by atoms with van der Waals surface area (Å²) in [5.41, 5.74) is 0. The first kappa shape index (κ1) is 17.7. The van der Waals surface area contributed by atoms with Crippen LogP contribution in [-0.4, -0.2) is 51.1 Å². The number of alkyl halides is 1. The number of aryl methyl sites for hydroxylation is 1. The summed E-state index contributed by atoms with van der Waals surface area (Å²) >= 11 is 1.60. The number of carbonyl (C=O) groups excluding carboxylic acids is 1. The number of hydrogen-bond donors (Lipinski definition) is 0. The summed E-state index contributed by atoms with van der Waals surface area (Å²) in [5, 5.41) is 0. The fourth-order valence-electron chi connectivity index (χ4n) is 3.92. The maximum atomic E-state index is 13.3. The lowest BCUT2D eigenvalue weighted by atomic mass is 10.1. The highest BCUT2D eigenvalue weighted by molar-refractivity contribution is 7.14. The standard InChI is InChI=1S/C19H25FN4OS/c1-22-12-8-21-18(22)13-24-9-2-3-15(24)16-4-5-17(26-16)19(25)23-10-6-14(20)7-11-23/h4-5,8,12,14-15H,2-3,6-7,9-11,13H2,1H3. The van der Waals surface area contributed by atoms with E-state index in [4.69, 9.17) is 0 Å². The van der Waals surface area contributed by atoms with E-state index in [0.717, 1.165) is 30.2 Å². The normalized spacial score (nSPS) is 22.2. The summed E-state index contributed by atoms with van der Waals surface area (Å²) < 4.78 is 15.4. The molecule has 0 aromatic carbocycles. The average Bonchev–Trinajstić information content (AvgIpc) is 3.37. The molecule has 26 heavy (non-hydrogen) atoms. The van der Waals surface area contributed by atoms with Gasteiger partial charge in [-0.25, -0.2) is 9.37 Å². The van der Waals surface area contributed by atoms with E-state index in [2.05, 4.69) is 20.5 Å². The molecule has 4 heterocycles. The lowest BCUT2D eigenvalue weighted by molar-refractivity contribution is 0.0672. The molecule has 4 rings (SSSR count). The van der Waals surface area contributed by atoms with Gasteiger partial charge in [-0.2, -0.15) is 0 Å². The minimum atomic E-state index is -0.754. The van der Waals surface area contributed by atoms with Gasteiger partial charge in [0.05, 0.1) is 11.4 Å². The summed E-state index contributed by atoms with van der Waals surface area (Å²) in [6.45, 7) is 2.95. The molecule has 0 bridgehead atoms.